The van der Waals surface area contributed by atoms with Crippen LogP contribution >= 0.6 is 24.0 Å². The highest BCUT2D eigenvalue weighted by Crippen LogP contribution is 2.28. The molecule has 1 fully saturated rings. The number of likely N-dealkylation sites (N-methyl/N-ethyl adjacent to an activating group) is 1. The van der Waals surface area contributed by atoms with Crippen LogP contribution in [0.5, 0.6) is 0 Å². The predicted octanol–water partition coefficient (Wildman–Crippen LogP) is 2.38. The molecule has 1 aliphatic rings. The minimum Gasteiger partial charge on any atom is -0.379 e. The fraction of sp³-hybridized carbons (Fsp3) is 0.632. The molecule has 2 rings (SSSR count). The lowest BCUT2D eigenvalue weighted by atomic mass is 10.2. The van der Waals surface area contributed by atoms with Crippen molar-refractivity contribution in [2.75, 3.05) is 47.4 Å². The highest BCUT2D eigenvalue weighted by molar-refractivity contribution is 14.0. The molecule has 0 amide bonds. The molecule has 0 aliphatic heterocycles. The third kappa shape index (κ3) is 7.84. The minimum absolute atomic E-state index is 0. The topological polar surface area (TPSA) is 74.2 Å². The number of aliphatic imine (C=N–C) groups is 1. The largest absolute Gasteiger partial charge is 0.379 e. The summed E-state index contributed by atoms with van der Waals surface area (Å²) in [6.07, 6.45) is 2.60. The number of nitrogens with one attached hydrogen (secondary N) is 1. The highest BCUT2D eigenvalue weighted by Gasteiger charge is 2.21. The second kappa shape index (κ2) is 11.9. The third-order valence-corrected chi connectivity index (χ3v) is 6.26. The van der Waals surface area contributed by atoms with Crippen molar-refractivity contribution in [1.29, 1.82) is 0 Å². The van der Waals surface area contributed by atoms with Crippen LogP contribution in [0.25, 0.3) is 0 Å². The minimum atomic E-state index is -3.40. The number of guanidine groups is 1. The second-order valence-electron chi connectivity index (χ2n) is 7.04. The van der Waals surface area contributed by atoms with Crippen molar-refractivity contribution in [1.82, 2.24) is 14.5 Å². The van der Waals surface area contributed by atoms with Crippen molar-refractivity contribution in [3.8, 4) is 0 Å². The molecule has 1 aromatic carbocycles. The summed E-state index contributed by atoms with van der Waals surface area (Å²) in [6.45, 7) is 5.63. The SMILES string of the molecule is CCNC(=NCc1ccc(S(=O)(=O)N(C)C)cc1)N(C)CCOCC1CC1.I. The standard InChI is InChI=1S/C19H32N4O3S.HI/c1-5-20-19(23(4)12-13-26-15-17-6-7-17)21-14-16-8-10-18(11-9-16)27(24,25)22(2)3;/h8-11,17H,5-7,12-15H2,1-4H3,(H,20,21);1H. The van der Waals surface area contributed by atoms with Gasteiger partial charge >= 0.3 is 0 Å². The Labute approximate surface area is 186 Å². The van der Waals surface area contributed by atoms with Gasteiger partial charge in [-0.05, 0) is 43.4 Å². The summed E-state index contributed by atoms with van der Waals surface area (Å²) in [5.41, 5.74) is 0.960. The molecule has 1 N–H and O–H groups in total. The monoisotopic (exact) mass is 524 g/mol. The van der Waals surface area contributed by atoms with Gasteiger partial charge in [0.15, 0.2) is 5.96 Å². The molecule has 0 unspecified atom stereocenters. The van der Waals surface area contributed by atoms with E-state index in [2.05, 4.69) is 15.2 Å². The smallest absolute Gasteiger partial charge is 0.242 e. The van der Waals surface area contributed by atoms with E-state index >= 15 is 0 Å². The summed E-state index contributed by atoms with van der Waals surface area (Å²) >= 11 is 0. The van der Waals surface area contributed by atoms with Gasteiger partial charge in [-0.25, -0.2) is 17.7 Å². The van der Waals surface area contributed by atoms with Gasteiger partial charge in [-0.3, -0.25) is 0 Å². The number of ether oxygens (including phenoxy) is 1. The first-order valence-corrected chi connectivity index (χ1v) is 10.9. The van der Waals surface area contributed by atoms with Crippen molar-refractivity contribution in [3.05, 3.63) is 29.8 Å². The molecule has 0 aromatic heterocycles. The number of benzene rings is 1. The van der Waals surface area contributed by atoms with Crippen LogP contribution < -0.4 is 5.32 Å². The van der Waals surface area contributed by atoms with Gasteiger partial charge < -0.3 is 15.0 Å². The van der Waals surface area contributed by atoms with E-state index < -0.39 is 10.0 Å². The summed E-state index contributed by atoms with van der Waals surface area (Å²) in [5.74, 6) is 1.59. The number of rotatable bonds is 10. The summed E-state index contributed by atoms with van der Waals surface area (Å²) in [6, 6.07) is 6.87. The Hall–Kier alpha value is -0.910. The summed E-state index contributed by atoms with van der Waals surface area (Å²) in [7, 11) is 1.65. The molecule has 0 radical (unpaired) electrons. The van der Waals surface area contributed by atoms with E-state index in [0.29, 0.717) is 13.2 Å². The van der Waals surface area contributed by atoms with Gasteiger partial charge in [0.05, 0.1) is 18.0 Å². The van der Waals surface area contributed by atoms with Crippen molar-refractivity contribution in [2.24, 2.45) is 10.9 Å². The zero-order chi connectivity index (χ0) is 19.9. The Morgan fingerprint density at radius 3 is 2.39 bits per heavy atom. The maximum Gasteiger partial charge on any atom is 0.242 e. The first-order chi connectivity index (χ1) is 12.8. The van der Waals surface area contributed by atoms with E-state index in [9.17, 15) is 8.42 Å². The van der Waals surface area contributed by atoms with Crippen LogP contribution in [-0.2, 0) is 21.3 Å². The molecule has 1 saturated carbocycles. The van der Waals surface area contributed by atoms with Crippen LogP contribution in [0.4, 0.5) is 0 Å². The van der Waals surface area contributed by atoms with Gasteiger partial charge in [-0.2, -0.15) is 0 Å². The maximum absolute atomic E-state index is 12.1. The molecule has 0 bridgehead atoms. The Morgan fingerprint density at radius 2 is 1.86 bits per heavy atom. The van der Waals surface area contributed by atoms with E-state index in [4.69, 9.17) is 4.74 Å². The molecule has 0 spiro atoms. The van der Waals surface area contributed by atoms with Gasteiger partial charge in [0.25, 0.3) is 0 Å². The van der Waals surface area contributed by atoms with Crippen molar-refractivity contribution >= 4 is 40.0 Å². The molecule has 9 heteroatoms. The molecule has 160 valence electrons. The normalized spacial score (nSPS) is 14.7. The van der Waals surface area contributed by atoms with Crippen molar-refractivity contribution in [3.63, 3.8) is 0 Å². The van der Waals surface area contributed by atoms with Gasteiger partial charge in [0.1, 0.15) is 0 Å². The van der Waals surface area contributed by atoms with Crippen molar-refractivity contribution < 1.29 is 13.2 Å². The highest BCUT2D eigenvalue weighted by atomic mass is 127. The van der Waals surface area contributed by atoms with Gasteiger partial charge in [-0.1, -0.05) is 12.1 Å². The first-order valence-electron chi connectivity index (χ1n) is 9.43. The molecule has 28 heavy (non-hydrogen) atoms. The van der Waals surface area contributed by atoms with Crippen LogP contribution in [-0.4, -0.2) is 71.0 Å². The summed E-state index contributed by atoms with van der Waals surface area (Å²) in [5, 5.41) is 3.28. The van der Waals surface area contributed by atoms with Crippen LogP contribution in [0.1, 0.15) is 25.3 Å². The third-order valence-electron chi connectivity index (χ3n) is 4.43. The molecule has 0 heterocycles. The number of nitrogens with zero attached hydrogens (tertiary/aromatic N) is 3. The molecular weight excluding hydrogens is 491 g/mol. The molecular formula is C19H33IN4O3S. The van der Waals surface area contributed by atoms with Gasteiger partial charge in [0, 0.05) is 40.8 Å². The van der Waals surface area contributed by atoms with E-state index in [0.717, 1.165) is 37.1 Å². The fourth-order valence-corrected chi connectivity index (χ4v) is 3.36. The lowest BCUT2D eigenvalue weighted by Crippen LogP contribution is -2.40. The number of sulfonamides is 1. The van der Waals surface area contributed by atoms with Crippen LogP contribution in [0.3, 0.4) is 0 Å². The average molecular weight is 524 g/mol. The Morgan fingerprint density at radius 1 is 1.21 bits per heavy atom. The predicted molar refractivity (Wildman–Crippen MR) is 124 cm³/mol. The van der Waals surface area contributed by atoms with Crippen LogP contribution in [0, 0.1) is 5.92 Å². The number of hydrogen-bond acceptors (Lipinski definition) is 4. The molecule has 7 nitrogen and oxygen atoms in total. The Bertz CT molecular complexity index is 719. The van der Waals surface area contributed by atoms with E-state index in [-0.39, 0.29) is 28.9 Å². The molecule has 0 saturated heterocycles. The van der Waals surface area contributed by atoms with Crippen LogP contribution in [0.15, 0.2) is 34.2 Å². The van der Waals surface area contributed by atoms with Gasteiger partial charge in [-0.15, -0.1) is 24.0 Å². The summed E-state index contributed by atoms with van der Waals surface area (Å²) in [4.78, 5) is 7.00. The lowest BCUT2D eigenvalue weighted by Gasteiger charge is -2.22. The average Bonchev–Trinajstić information content (AvgIpc) is 3.46. The molecule has 0 atom stereocenters. The summed E-state index contributed by atoms with van der Waals surface area (Å²) < 4.78 is 31.2. The zero-order valence-corrected chi connectivity index (χ0v) is 20.4. The van der Waals surface area contributed by atoms with Gasteiger partial charge in [0.2, 0.25) is 10.0 Å². The lowest BCUT2D eigenvalue weighted by molar-refractivity contribution is 0.115. The van der Waals surface area contributed by atoms with Crippen LogP contribution in [0.2, 0.25) is 0 Å². The Balaban J connectivity index is 0.00000392. The fourth-order valence-electron chi connectivity index (χ4n) is 2.46. The Kier molecular flexibility index (Phi) is 10.7. The van der Waals surface area contributed by atoms with E-state index in [1.807, 2.05) is 26.1 Å². The van der Waals surface area contributed by atoms with Crippen molar-refractivity contribution in [2.45, 2.75) is 31.2 Å². The number of hydrogen-bond donors (Lipinski definition) is 1. The first kappa shape index (κ1) is 25.1. The molecule has 1 aromatic rings. The second-order valence-corrected chi connectivity index (χ2v) is 9.19. The zero-order valence-electron chi connectivity index (χ0n) is 17.2. The maximum atomic E-state index is 12.1. The quantitative estimate of drug-likeness (QED) is 0.220. The van der Waals surface area contributed by atoms with E-state index in [1.165, 1.54) is 31.2 Å². The number of halogens is 1. The molecule has 1 aliphatic carbocycles. The van der Waals surface area contributed by atoms with E-state index in [1.54, 1.807) is 12.1 Å².